The van der Waals surface area contributed by atoms with Gasteiger partial charge in [-0.3, -0.25) is 14.5 Å². The number of rotatable bonds is 6. The summed E-state index contributed by atoms with van der Waals surface area (Å²) in [5, 5.41) is 0. The Labute approximate surface area is 182 Å². The summed E-state index contributed by atoms with van der Waals surface area (Å²) in [6, 6.07) is 13.2. The molecule has 0 saturated carbocycles. The molecule has 2 amide bonds. The molecule has 0 spiro atoms. The van der Waals surface area contributed by atoms with Gasteiger partial charge in [0.05, 0.1) is 18.7 Å². The van der Waals surface area contributed by atoms with Crippen molar-refractivity contribution in [1.82, 2.24) is 9.80 Å². The Morgan fingerprint density at radius 1 is 1.03 bits per heavy atom. The van der Waals surface area contributed by atoms with Gasteiger partial charge in [0, 0.05) is 13.1 Å². The standard InChI is InChI=1S/C25H27FN2O3/c1-3-31-21-12-8-19(9-13-21)22-23(27-14-4-5-17(2)15-27)25(30)28(24(22)29)16-18-6-10-20(26)11-7-18/h6-13,17H,3-5,14-16H2,1-2H3. The molecule has 2 aliphatic heterocycles. The molecule has 2 aromatic rings. The molecule has 0 N–H and O–H groups in total. The molecule has 0 aromatic heterocycles. The van der Waals surface area contributed by atoms with E-state index in [1.54, 1.807) is 12.1 Å². The van der Waals surface area contributed by atoms with Crippen molar-refractivity contribution in [2.24, 2.45) is 5.92 Å². The maximum absolute atomic E-state index is 13.5. The lowest BCUT2D eigenvalue weighted by Gasteiger charge is -2.33. The summed E-state index contributed by atoms with van der Waals surface area (Å²) in [5.74, 6) is 0.231. The lowest BCUT2D eigenvalue weighted by Crippen LogP contribution is -2.39. The summed E-state index contributed by atoms with van der Waals surface area (Å²) >= 11 is 0. The first kappa shape index (κ1) is 21.1. The van der Waals surface area contributed by atoms with Crippen LogP contribution < -0.4 is 4.74 Å². The molecule has 1 saturated heterocycles. The molecule has 0 aliphatic carbocycles. The van der Waals surface area contributed by atoms with Crippen molar-refractivity contribution in [3.63, 3.8) is 0 Å². The van der Waals surface area contributed by atoms with E-state index in [9.17, 15) is 14.0 Å². The fraction of sp³-hybridized carbons (Fsp3) is 0.360. The fourth-order valence-electron chi connectivity index (χ4n) is 4.31. The highest BCUT2D eigenvalue weighted by atomic mass is 19.1. The predicted octanol–water partition coefficient (Wildman–Crippen LogP) is 4.24. The van der Waals surface area contributed by atoms with Crippen molar-refractivity contribution >= 4 is 17.4 Å². The maximum Gasteiger partial charge on any atom is 0.278 e. The van der Waals surface area contributed by atoms with Crippen molar-refractivity contribution in [2.45, 2.75) is 33.2 Å². The topological polar surface area (TPSA) is 49.9 Å². The zero-order valence-electron chi connectivity index (χ0n) is 17.9. The summed E-state index contributed by atoms with van der Waals surface area (Å²) in [5.41, 5.74) is 2.33. The normalized spacial score (nSPS) is 19.4. The largest absolute Gasteiger partial charge is 0.494 e. The van der Waals surface area contributed by atoms with E-state index in [-0.39, 0.29) is 24.2 Å². The van der Waals surface area contributed by atoms with Crippen LogP contribution in [0.2, 0.25) is 0 Å². The van der Waals surface area contributed by atoms with Crippen LogP contribution in [0.5, 0.6) is 5.75 Å². The second-order valence-corrected chi connectivity index (χ2v) is 8.20. The van der Waals surface area contributed by atoms with Crippen molar-refractivity contribution in [3.05, 3.63) is 71.2 Å². The van der Waals surface area contributed by atoms with Crippen molar-refractivity contribution in [2.75, 3.05) is 19.7 Å². The number of ether oxygens (including phenoxy) is 1. The van der Waals surface area contributed by atoms with E-state index < -0.39 is 0 Å². The van der Waals surface area contributed by atoms with Gasteiger partial charge < -0.3 is 9.64 Å². The molecule has 162 valence electrons. The van der Waals surface area contributed by atoms with E-state index in [1.165, 1.54) is 17.0 Å². The highest BCUT2D eigenvalue weighted by Gasteiger charge is 2.42. The first-order valence-electron chi connectivity index (χ1n) is 10.8. The van der Waals surface area contributed by atoms with Crippen LogP contribution >= 0.6 is 0 Å². The number of hydrogen-bond donors (Lipinski definition) is 0. The van der Waals surface area contributed by atoms with E-state index in [4.69, 9.17) is 4.74 Å². The monoisotopic (exact) mass is 422 g/mol. The molecule has 31 heavy (non-hydrogen) atoms. The predicted molar refractivity (Wildman–Crippen MR) is 116 cm³/mol. The molecule has 0 bridgehead atoms. The molecule has 1 fully saturated rings. The van der Waals surface area contributed by atoms with Crippen LogP contribution in [0, 0.1) is 11.7 Å². The van der Waals surface area contributed by atoms with Gasteiger partial charge in [-0.05, 0) is 61.1 Å². The van der Waals surface area contributed by atoms with Gasteiger partial charge in [0.1, 0.15) is 17.3 Å². The Balaban J connectivity index is 1.70. The zero-order valence-corrected chi connectivity index (χ0v) is 17.9. The molecule has 6 heteroatoms. The molecule has 4 rings (SSSR count). The third-order valence-electron chi connectivity index (χ3n) is 5.82. The number of halogens is 1. The summed E-state index contributed by atoms with van der Waals surface area (Å²) in [7, 11) is 0. The Morgan fingerprint density at radius 3 is 2.39 bits per heavy atom. The fourth-order valence-corrected chi connectivity index (χ4v) is 4.31. The van der Waals surface area contributed by atoms with E-state index in [1.807, 2.05) is 31.2 Å². The first-order valence-corrected chi connectivity index (χ1v) is 10.8. The number of likely N-dealkylation sites (tertiary alicyclic amines) is 1. The summed E-state index contributed by atoms with van der Waals surface area (Å²) < 4.78 is 18.8. The maximum atomic E-state index is 13.5. The van der Waals surface area contributed by atoms with Crippen molar-refractivity contribution in [1.29, 1.82) is 0 Å². The van der Waals surface area contributed by atoms with E-state index in [2.05, 4.69) is 11.8 Å². The van der Waals surface area contributed by atoms with Gasteiger partial charge in [0.2, 0.25) is 0 Å². The highest BCUT2D eigenvalue weighted by molar-refractivity contribution is 6.35. The van der Waals surface area contributed by atoms with Crippen LogP contribution in [-0.2, 0) is 16.1 Å². The molecular formula is C25H27FN2O3. The number of carbonyl (C=O) groups excluding carboxylic acids is 2. The van der Waals surface area contributed by atoms with E-state index >= 15 is 0 Å². The summed E-state index contributed by atoms with van der Waals surface area (Å²) in [6.45, 7) is 6.26. The first-order chi connectivity index (χ1) is 15.0. The molecule has 2 heterocycles. The minimum absolute atomic E-state index is 0.116. The smallest absolute Gasteiger partial charge is 0.278 e. The van der Waals surface area contributed by atoms with Crippen LogP contribution in [-0.4, -0.2) is 41.3 Å². The average Bonchev–Trinajstić information content (AvgIpc) is 3.01. The number of amides is 2. The lowest BCUT2D eigenvalue weighted by atomic mass is 9.97. The van der Waals surface area contributed by atoms with Crippen LogP contribution in [0.1, 0.15) is 37.8 Å². The number of imide groups is 1. The third kappa shape index (κ3) is 4.33. The molecule has 1 atom stereocenters. The zero-order chi connectivity index (χ0) is 22.0. The average molecular weight is 423 g/mol. The van der Waals surface area contributed by atoms with Crippen LogP contribution in [0.3, 0.4) is 0 Å². The van der Waals surface area contributed by atoms with Crippen molar-refractivity contribution < 1.29 is 18.7 Å². The minimum atomic E-state index is -0.348. The second-order valence-electron chi connectivity index (χ2n) is 8.20. The van der Waals surface area contributed by atoms with Crippen LogP contribution in [0.15, 0.2) is 54.2 Å². The molecule has 2 aromatic carbocycles. The third-order valence-corrected chi connectivity index (χ3v) is 5.82. The summed E-state index contributed by atoms with van der Waals surface area (Å²) in [6.07, 6.45) is 2.10. The van der Waals surface area contributed by atoms with Crippen molar-refractivity contribution in [3.8, 4) is 5.75 Å². The van der Waals surface area contributed by atoms with Gasteiger partial charge in [-0.1, -0.05) is 31.2 Å². The Bertz CT molecular complexity index is 998. The van der Waals surface area contributed by atoms with E-state index in [0.717, 1.165) is 31.7 Å². The van der Waals surface area contributed by atoms with E-state index in [0.29, 0.717) is 34.9 Å². The summed E-state index contributed by atoms with van der Waals surface area (Å²) in [4.78, 5) is 30.2. The van der Waals surface area contributed by atoms with Gasteiger partial charge in [-0.2, -0.15) is 0 Å². The Kier molecular flexibility index (Phi) is 6.07. The highest BCUT2D eigenvalue weighted by Crippen LogP contribution is 2.35. The minimum Gasteiger partial charge on any atom is -0.494 e. The molecular weight excluding hydrogens is 395 g/mol. The number of piperidine rings is 1. The molecule has 1 unspecified atom stereocenters. The number of benzene rings is 2. The lowest BCUT2D eigenvalue weighted by molar-refractivity contribution is -0.138. The SMILES string of the molecule is CCOc1ccc(C2=C(N3CCCC(C)C3)C(=O)N(Cc3ccc(F)cc3)C2=O)cc1. The van der Waals surface area contributed by atoms with Gasteiger partial charge in [0.15, 0.2) is 0 Å². The molecule has 5 nitrogen and oxygen atoms in total. The van der Waals surface area contributed by atoms with Gasteiger partial charge in [-0.25, -0.2) is 4.39 Å². The van der Waals surface area contributed by atoms with Gasteiger partial charge >= 0.3 is 0 Å². The molecule has 0 radical (unpaired) electrons. The van der Waals surface area contributed by atoms with Crippen LogP contribution in [0.25, 0.3) is 5.57 Å². The number of carbonyl (C=O) groups is 2. The Morgan fingerprint density at radius 2 is 1.74 bits per heavy atom. The van der Waals surface area contributed by atoms with Gasteiger partial charge in [-0.15, -0.1) is 0 Å². The second kappa shape index (κ2) is 8.92. The Hall–Kier alpha value is -3.15. The van der Waals surface area contributed by atoms with Crippen LogP contribution in [0.4, 0.5) is 4.39 Å². The number of hydrogen-bond acceptors (Lipinski definition) is 4. The quantitative estimate of drug-likeness (QED) is 0.654. The molecule has 2 aliphatic rings. The number of nitrogens with zero attached hydrogens (tertiary/aromatic N) is 2. The van der Waals surface area contributed by atoms with Gasteiger partial charge in [0.25, 0.3) is 11.8 Å².